The third-order valence-electron chi connectivity index (χ3n) is 6.54. The highest BCUT2D eigenvalue weighted by atomic mass is 79.9. The number of amides is 1. The average Bonchev–Trinajstić information content (AvgIpc) is 3.46. The summed E-state index contributed by atoms with van der Waals surface area (Å²) in [5.41, 5.74) is 1.16. The van der Waals surface area contributed by atoms with Crippen LogP contribution in [-0.4, -0.2) is 54.7 Å². The molecule has 0 aliphatic carbocycles. The van der Waals surface area contributed by atoms with Gasteiger partial charge in [0, 0.05) is 23.2 Å². The minimum Gasteiger partial charge on any atom is -0.507 e. The van der Waals surface area contributed by atoms with Crippen LogP contribution in [0.4, 0.5) is 0 Å². The lowest BCUT2D eigenvalue weighted by molar-refractivity contribution is -0.140. The van der Waals surface area contributed by atoms with Crippen LogP contribution in [0.25, 0.3) is 5.76 Å². The SMILES string of the molecule is COc1cc(C2/C(=C(\O)c3ccc(Br)cc3)C(=O)C(=O)N2CC2CCCO2)ccc1OCCC(C)C. The summed E-state index contributed by atoms with van der Waals surface area (Å²) in [4.78, 5) is 28.0. The van der Waals surface area contributed by atoms with Gasteiger partial charge in [0.1, 0.15) is 5.76 Å². The minimum absolute atomic E-state index is 0.0517. The van der Waals surface area contributed by atoms with Gasteiger partial charge in [-0.1, -0.05) is 48.0 Å². The first-order valence-electron chi connectivity index (χ1n) is 12.3. The molecular formula is C28H32BrNO6. The molecule has 0 bridgehead atoms. The predicted molar refractivity (Wildman–Crippen MR) is 140 cm³/mol. The molecule has 2 aliphatic heterocycles. The number of aliphatic hydroxyl groups is 1. The maximum Gasteiger partial charge on any atom is 0.295 e. The van der Waals surface area contributed by atoms with Crippen LogP contribution in [0.15, 0.2) is 52.5 Å². The summed E-state index contributed by atoms with van der Waals surface area (Å²) in [6, 6.07) is 11.6. The number of aliphatic hydroxyl groups excluding tert-OH is 1. The van der Waals surface area contributed by atoms with Crippen LogP contribution in [0, 0.1) is 5.92 Å². The summed E-state index contributed by atoms with van der Waals surface area (Å²) in [6.07, 6.45) is 2.47. The second-order valence-electron chi connectivity index (χ2n) is 9.53. The minimum atomic E-state index is -0.781. The molecule has 8 heteroatoms. The van der Waals surface area contributed by atoms with Crippen LogP contribution in [0.1, 0.15) is 50.3 Å². The number of rotatable bonds is 9. The largest absolute Gasteiger partial charge is 0.507 e. The molecule has 2 fully saturated rings. The van der Waals surface area contributed by atoms with Crippen molar-refractivity contribution >= 4 is 33.4 Å². The Kier molecular flexibility index (Phi) is 8.36. The summed E-state index contributed by atoms with van der Waals surface area (Å²) < 4.78 is 18.1. The normalized spacial score (nSPS) is 21.4. The summed E-state index contributed by atoms with van der Waals surface area (Å²) in [7, 11) is 1.56. The van der Waals surface area contributed by atoms with Crippen LogP contribution < -0.4 is 9.47 Å². The smallest absolute Gasteiger partial charge is 0.295 e. The van der Waals surface area contributed by atoms with E-state index < -0.39 is 17.7 Å². The van der Waals surface area contributed by atoms with Gasteiger partial charge in [0.05, 0.1) is 31.4 Å². The summed E-state index contributed by atoms with van der Waals surface area (Å²) in [5, 5.41) is 11.2. The number of methoxy groups -OCH3 is 1. The Morgan fingerprint density at radius 1 is 1.17 bits per heavy atom. The van der Waals surface area contributed by atoms with Gasteiger partial charge < -0.3 is 24.2 Å². The number of benzene rings is 2. The number of carbonyl (C=O) groups is 2. The third-order valence-corrected chi connectivity index (χ3v) is 7.07. The van der Waals surface area contributed by atoms with E-state index in [0.717, 1.165) is 23.7 Å². The number of Topliss-reactive ketones (excluding diaryl/α,β-unsaturated/α-hetero) is 1. The highest BCUT2D eigenvalue weighted by molar-refractivity contribution is 9.10. The van der Waals surface area contributed by atoms with Crippen molar-refractivity contribution in [2.75, 3.05) is 26.9 Å². The molecule has 0 aromatic heterocycles. The van der Waals surface area contributed by atoms with Crippen molar-refractivity contribution < 1.29 is 28.9 Å². The Hall–Kier alpha value is -2.84. The molecule has 2 unspecified atom stereocenters. The Labute approximate surface area is 220 Å². The molecule has 2 atom stereocenters. The van der Waals surface area contributed by atoms with Gasteiger partial charge in [0.25, 0.3) is 11.7 Å². The first kappa shape index (κ1) is 26.2. The first-order chi connectivity index (χ1) is 17.3. The molecule has 7 nitrogen and oxygen atoms in total. The quantitative estimate of drug-likeness (QED) is 0.249. The molecule has 192 valence electrons. The van der Waals surface area contributed by atoms with Crippen molar-refractivity contribution in [3.63, 3.8) is 0 Å². The zero-order valence-corrected chi connectivity index (χ0v) is 22.4. The van der Waals surface area contributed by atoms with Crippen LogP contribution in [0.5, 0.6) is 11.5 Å². The van der Waals surface area contributed by atoms with Gasteiger partial charge in [-0.25, -0.2) is 0 Å². The van der Waals surface area contributed by atoms with E-state index in [1.54, 1.807) is 43.5 Å². The fourth-order valence-corrected chi connectivity index (χ4v) is 4.83. The first-order valence-corrected chi connectivity index (χ1v) is 13.1. The molecular weight excluding hydrogens is 526 g/mol. The molecule has 2 heterocycles. The second-order valence-corrected chi connectivity index (χ2v) is 10.5. The highest BCUT2D eigenvalue weighted by Gasteiger charge is 2.47. The molecule has 0 saturated carbocycles. The van der Waals surface area contributed by atoms with Crippen molar-refractivity contribution in [1.29, 1.82) is 0 Å². The number of carbonyl (C=O) groups excluding carboxylic acids is 2. The molecule has 1 N–H and O–H groups in total. The van der Waals surface area contributed by atoms with E-state index in [0.29, 0.717) is 41.8 Å². The fourth-order valence-electron chi connectivity index (χ4n) is 4.56. The molecule has 0 radical (unpaired) electrons. The van der Waals surface area contributed by atoms with Gasteiger partial charge in [-0.2, -0.15) is 0 Å². The van der Waals surface area contributed by atoms with Gasteiger partial charge >= 0.3 is 0 Å². The molecule has 2 aromatic carbocycles. The van der Waals surface area contributed by atoms with Crippen molar-refractivity contribution in [3.05, 3.63) is 63.6 Å². The molecule has 36 heavy (non-hydrogen) atoms. The summed E-state index contributed by atoms with van der Waals surface area (Å²) >= 11 is 3.39. The lowest BCUT2D eigenvalue weighted by Crippen LogP contribution is -2.36. The molecule has 2 aromatic rings. The third kappa shape index (κ3) is 5.60. The second kappa shape index (κ2) is 11.5. The van der Waals surface area contributed by atoms with Crippen molar-refractivity contribution in [1.82, 2.24) is 4.90 Å². The average molecular weight is 558 g/mol. The number of ketones is 1. The number of hydrogen-bond acceptors (Lipinski definition) is 6. The zero-order chi connectivity index (χ0) is 25.8. The Morgan fingerprint density at radius 3 is 2.56 bits per heavy atom. The van der Waals surface area contributed by atoms with E-state index in [2.05, 4.69) is 29.8 Å². The molecule has 2 saturated heterocycles. The number of likely N-dealkylation sites (tertiary alicyclic amines) is 1. The van der Waals surface area contributed by atoms with Crippen LogP contribution in [0.2, 0.25) is 0 Å². The van der Waals surface area contributed by atoms with Gasteiger partial charge in [-0.3, -0.25) is 9.59 Å². The lowest BCUT2D eigenvalue weighted by Gasteiger charge is -2.28. The van der Waals surface area contributed by atoms with E-state index in [-0.39, 0.29) is 24.0 Å². The van der Waals surface area contributed by atoms with E-state index in [4.69, 9.17) is 14.2 Å². The summed E-state index contributed by atoms with van der Waals surface area (Å²) in [6.45, 7) is 5.71. The molecule has 0 spiro atoms. The van der Waals surface area contributed by atoms with Gasteiger partial charge in [0.2, 0.25) is 0 Å². The van der Waals surface area contributed by atoms with E-state index in [9.17, 15) is 14.7 Å². The van der Waals surface area contributed by atoms with E-state index in [1.165, 1.54) is 4.90 Å². The standard InChI is InChI=1S/C28H32BrNO6/c1-17(2)12-14-36-22-11-8-19(15-23(22)34-3)25-24(26(31)18-6-9-20(29)10-7-18)27(32)28(33)30(25)16-21-5-4-13-35-21/h6-11,15,17,21,25,31H,4-5,12-14,16H2,1-3H3/b26-24+. The maximum absolute atomic E-state index is 13.3. The van der Waals surface area contributed by atoms with Crippen LogP contribution in [-0.2, 0) is 14.3 Å². The van der Waals surface area contributed by atoms with Crippen molar-refractivity contribution in [3.8, 4) is 11.5 Å². The maximum atomic E-state index is 13.3. The Balaban J connectivity index is 1.76. The number of halogens is 1. The highest BCUT2D eigenvalue weighted by Crippen LogP contribution is 2.42. The van der Waals surface area contributed by atoms with Crippen molar-refractivity contribution in [2.24, 2.45) is 5.92 Å². The predicted octanol–water partition coefficient (Wildman–Crippen LogP) is 5.48. The van der Waals surface area contributed by atoms with Crippen molar-refractivity contribution in [2.45, 2.75) is 45.3 Å². The molecule has 1 amide bonds. The number of ether oxygens (including phenoxy) is 3. The van der Waals surface area contributed by atoms with Gasteiger partial charge in [0.15, 0.2) is 11.5 Å². The Bertz CT molecular complexity index is 1140. The lowest BCUT2D eigenvalue weighted by atomic mass is 9.95. The molecule has 4 rings (SSSR count). The summed E-state index contributed by atoms with van der Waals surface area (Å²) in [5.74, 6) is 0.0249. The van der Waals surface area contributed by atoms with E-state index >= 15 is 0 Å². The number of hydrogen-bond donors (Lipinski definition) is 1. The molecule has 2 aliphatic rings. The van der Waals surface area contributed by atoms with Crippen LogP contribution >= 0.6 is 15.9 Å². The van der Waals surface area contributed by atoms with E-state index in [1.807, 2.05) is 6.07 Å². The van der Waals surface area contributed by atoms with Crippen LogP contribution in [0.3, 0.4) is 0 Å². The Morgan fingerprint density at radius 2 is 1.92 bits per heavy atom. The topological polar surface area (TPSA) is 85.3 Å². The monoisotopic (exact) mass is 557 g/mol. The number of nitrogens with zero attached hydrogens (tertiary/aromatic N) is 1. The fraction of sp³-hybridized carbons (Fsp3) is 0.429. The van der Waals surface area contributed by atoms with Gasteiger partial charge in [-0.05, 0) is 55.0 Å². The van der Waals surface area contributed by atoms with Gasteiger partial charge in [-0.15, -0.1) is 0 Å². The zero-order valence-electron chi connectivity index (χ0n) is 20.8.